The van der Waals surface area contributed by atoms with E-state index in [0.717, 1.165) is 31.5 Å². The summed E-state index contributed by atoms with van der Waals surface area (Å²) in [7, 11) is 0. The van der Waals surface area contributed by atoms with Gasteiger partial charge in [0.25, 0.3) is 0 Å². The summed E-state index contributed by atoms with van der Waals surface area (Å²) >= 11 is 0. The molecule has 0 saturated carbocycles. The van der Waals surface area contributed by atoms with Gasteiger partial charge in [-0.1, -0.05) is 18.2 Å². The number of aryl methyl sites for hydroxylation is 4. The predicted octanol–water partition coefficient (Wildman–Crippen LogP) is 9.80. The third-order valence-corrected chi connectivity index (χ3v) is 10.8. The standard InChI is InChI=1S/C43H29N5/c1-2-16-46-39(3-1)48-38-11-7-28(26-14-19-45-20-15-26)22-34(38)36-24-30-5-4-29-23-35-33-21-27(25-12-17-44-18-13-25)6-10-37(33)47-42(35)31-8-9-32(43(36)48)41(30)40(29)31/h1-3,6-7,10-24,47H,4-5,8-9H2. The van der Waals surface area contributed by atoms with Crippen molar-refractivity contribution in [1.82, 2.24) is 24.5 Å². The number of hydrogen-bond donors (Lipinski definition) is 1. The molecule has 0 atom stereocenters. The van der Waals surface area contributed by atoms with Crippen LogP contribution < -0.4 is 0 Å². The zero-order chi connectivity index (χ0) is 31.3. The minimum absolute atomic E-state index is 0.961. The lowest BCUT2D eigenvalue weighted by Gasteiger charge is -2.31. The topological polar surface area (TPSA) is 59.4 Å². The van der Waals surface area contributed by atoms with Gasteiger partial charge in [-0.2, -0.15) is 0 Å². The molecule has 0 amide bonds. The molecule has 5 nitrogen and oxygen atoms in total. The maximum absolute atomic E-state index is 4.89. The number of H-pyrrole nitrogens is 1. The number of nitrogens with one attached hydrogen (secondary N) is 1. The molecule has 226 valence electrons. The molecule has 1 N–H and O–H groups in total. The molecule has 0 unspecified atom stereocenters. The summed E-state index contributed by atoms with van der Waals surface area (Å²) in [6, 6.07) is 33.3. The quantitative estimate of drug-likeness (QED) is 0.215. The van der Waals surface area contributed by atoms with Crippen LogP contribution in [-0.2, 0) is 25.7 Å². The van der Waals surface area contributed by atoms with Gasteiger partial charge in [-0.3, -0.25) is 14.5 Å². The van der Waals surface area contributed by atoms with Gasteiger partial charge in [0.15, 0.2) is 0 Å². The number of hydrogen-bond acceptors (Lipinski definition) is 3. The van der Waals surface area contributed by atoms with Crippen molar-refractivity contribution in [3.63, 3.8) is 0 Å². The van der Waals surface area contributed by atoms with Crippen molar-refractivity contribution in [3.05, 3.63) is 144 Å². The second kappa shape index (κ2) is 9.72. The Balaban J connectivity index is 1.19. The predicted molar refractivity (Wildman–Crippen MR) is 195 cm³/mol. The maximum atomic E-state index is 4.89. The first-order chi connectivity index (χ1) is 23.8. The van der Waals surface area contributed by atoms with E-state index in [9.17, 15) is 0 Å². The molecular formula is C43H29N5. The summed E-state index contributed by atoms with van der Waals surface area (Å²) in [5.41, 5.74) is 18.6. The number of fused-ring (bicyclic) bond motifs is 8. The van der Waals surface area contributed by atoms with Crippen LogP contribution in [-0.4, -0.2) is 24.5 Å². The van der Waals surface area contributed by atoms with Gasteiger partial charge in [-0.25, -0.2) is 4.98 Å². The van der Waals surface area contributed by atoms with Gasteiger partial charge in [-0.05, 0) is 154 Å². The minimum atomic E-state index is 0.961. The molecule has 9 aromatic rings. The van der Waals surface area contributed by atoms with Gasteiger partial charge in [0.05, 0.1) is 16.6 Å². The van der Waals surface area contributed by atoms with Crippen LogP contribution in [0.2, 0.25) is 0 Å². The summed E-state index contributed by atoms with van der Waals surface area (Å²) < 4.78 is 2.41. The number of aromatic amines is 1. The Morgan fingerprint density at radius 1 is 0.521 bits per heavy atom. The average Bonchev–Trinajstić information content (AvgIpc) is 3.69. The van der Waals surface area contributed by atoms with Crippen LogP contribution in [0.4, 0.5) is 0 Å². The number of nitrogens with zero attached hydrogens (tertiary/aromatic N) is 4. The van der Waals surface area contributed by atoms with Crippen LogP contribution in [0, 0.1) is 0 Å². The van der Waals surface area contributed by atoms with Crippen molar-refractivity contribution in [2.24, 2.45) is 0 Å². The molecule has 5 heteroatoms. The molecule has 0 saturated heterocycles. The number of aromatic nitrogens is 5. The van der Waals surface area contributed by atoms with E-state index < -0.39 is 0 Å². The highest BCUT2D eigenvalue weighted by atomic mass is 15.1. The highest BCUT2D eigenvalue weighted by Gasteiger charge is 2.32. The zero-order valence-corrected chi connectivity index (χ0v) is 26.2. The van der Waals surface area contributed by atoms with Crippen LogP contribution in [0.3, 0.4) is 0 Å². The molecule has 5 heterocycles. The molecule has 4 aromatic carbocycles. The van der Waals surface area contributed by atoms with E-state index in [-0.39, 0.29) is 0 Å². The molecule has 0 aliphatic heterocycles. The number of rotatable bonds is 3. The highest BCUT2D eigenvalue weighted by Crippen LogP contribution is 2.50. The highest BCUT2D eigenvalue weighted by molar-refractivity contribution is 6.16. The molecule has 11 rings (SSSR count). The summed E-state index contributed by atoms with van der Waals surface area (Å²) in [5, 5.41) is 5.23. The molecule has 48 heavy (non-hydrogen) atoms. The van der Waals surface area contributed by atoms with Gasteiger partial charge in [0, 0.05) is 58.0 Å². The van der Waals surface area contributed by atoms with E-state index in [0.29, 0.717) is 0 Å². The Morgan fingerprint density at radius 3 is 1.92 bits per heavy atom. The molecule has 0 fully saturated rings. The summed E-state index contributed by atoms with van der Waals surface area (Å²) in [6.45, 7) is 0. The Hall–Kier alpha value is -6.07. The first kappa shape index (κ1) is 26.0. The van der Waals surface area contributed by atoms with E-state index in [2.05, 4.69) is 104 Å². The first-order valence-corrected chi connectivity index (χ1v) is 16.8. The molecule has 2 aliphatic carbocycles. The molecule has 0 spiro atoms. The van der Waals surface area contributed by atoms with Crippen molar-refractivity contribution in [1.29, 1.82) is 0 Å². The molecule has 0 radical (unpaired) electrons. The fourth-order valence-electron chi connectivity index (χ4n) is 8.69. The third kappa shape index (κ3) is 3.58. The number of benzene rings is 4. The SMILES string of the molecule is c1ccc(-n2c3ccc(-c4ccncc4)cc3c3cc4c5c(c32)CCc2c-5c(cc3c2[nH]c2ccc(-c5ccncc5)cc23)CC4)nc1. The summed E-state index contributed by atoms with van der Waals surface area (Å²) in [6.07, 6.45) is 13.5. The first-order valence-electron chi connectivity index (χ1n) is 16.8. The van der Waals surface area contributed by atoms with Gasteiger partial charge >= 0.3 is 0 Å². The van der Waals surface area contributed by atoms with E-state index in [1.165, 1.54) is 99.2 Å². The van der Waals surface area contributed by atoms with Gasteiger partial charge in [0.1, 0.15) is 5.82 Å². The lowest BCUT2D eigenvalue weighted by molar-refractivity contribution is 0.884. The van der Waals surface area contributed by atoms with Crippen molar-refractivity contribution < 1.29 is 0 Å². The lowest BCUT2D eigenvalue weighted by atomic mass is 9.74. The number of pyridine rings is 3. The van der Waals surface area contributed by atoms with E-state index in [4.69, 9.17) is 4.98 Å². The average molecular weight is 616 g/mol. The second-order valence-electron chi connectivity index (χ2n) is 13.2. The van der Waals surface area contributed by atoms with Crippen molar-refractivity contribution in [2.45, 2.75) is 25.7 Å². The van der Waals surface area contributed by atoms with Gasteiger partial charge < -0.3 is 4.98 Å². The largest absolute Gasteiger partial charge is 0.354 e. The van der Waals surface area contributed by atoms with Crippen LogP contribution in [0.5, 0.6) is 0 Å². The second-order valence-corrected chi connectivity index (χ2v) is 13.2. The van der Waals surface area contributed by atoms with Gasteiger partial charge in [0.2, 0.25) is 0 Å². The Bertz CT molecular complexity index is 2760. The van der Waals surface area contributed by atoms with E-state index in [1.54, 1.807) is 0 Å². The molecule has 0 bridgehead atoms. The monoisotopic (exact) mass is 615 g/mol. The Morgan fingerprint density at radius 2 is 1.19 bits per heavy atom. The van der Waals surface area contributed by atoms with Crippen LogP contribution in [0.15, 0.2) is 122 Å². The van der Waals surface area contributed by atoms with Crippen molar-refractivity contribution in [3.8, 4) is 39.2 Å². The maximum Gasteiger partial charge on any atom is 0.137 e. The van der Waals surface area contributed by atoms with Gasteiger partial charge in [-0.15, -0.1) is 0 Å². The van der Waals surface area contributed by atoms with Crippen molar-refractivity contribution >= 4 is 43.6 Å². The fraction of sp³-hybridized carbons (Fsp3) is 0.0930. The van der Waals surface area contributed by atoms with Crippen LogP contribution in [0.1, 0.15) is 22.3 Å². The van der Waals surface area contributed by atoms with E-state index >= 15 is 0 Å². The molecule has 2 aliphatic rings. The third-order valence-electron chi connectivity index (χ3n) is 10.8. The van der Waals surface area contributed by atoms with Crippen LogP contribution in [0.25, 0.3) is 82.8 Å². The molecular weight excluding hydrogens is 587 g/mol. The summed E-state index contributed by atoms with van der Waals surface area (Å²) in [5.74, 6) is 0.961. The lowest BCUT2D eigenvalue weighted by Crippen LogP contribution is -2.15. The Kier molecular flexibility index (Phi) is 5.28. The smallest absolute Gasteiger partial charge is 0.137 e. The zero-order valence-electron chi connectivity index (χ0n) is 26.2. The van der Waals surface area contributed by atoms with Crippen LogP contribution >= 0.6 is 0 Å². The van der Waals surface area contributed by atoms with E-state index in [1.807, 2.05) is 37.1 Å². The Labute approximate surface area is 276 Å². The normalized spacial score (nSPS) is 13.5. The summed E-state index contributed by atoms with van der Waals surface area (Å²) in [4.78, 5) is 17.2. The minimum Gasteiger partial charge on any atom is -0.354 e. The fourth-order valence-corrected chi connectivity index (χ4v) is 8.69. The molecule has 5 aromatic heterocycles. The van der Waals surface area contributed by atoms with Crippen molar-refractivity contribution in [2.75, 3.05) is 0 Å².